The SMILES string of the molecule is CCCCCCCCCCCCOC(=O)c1cc(C(C)(C)C)c(O)c(C(C)(C)C)c1O. The molecule has 1 rings (SSSR count). The molecule has 0 aliphatic heterocycles. The standard InChI is InChI=1S/C27H46O4/c1-8-9-10-11-12-13-14-15-16-17-18-31-25(30)20-19-21(26(2,3)4)24(29)22(23(20)28)27(5,6)7/h19,28-29H,8-18H2,1-7H3. The van der Waals surface area contributed by atoms with Crippen LogP contribution < -0.4 is 0 Å². The molecule has 0 atom stereocenters. The Balaban J connectivity index is 2.64. The van der Waals surface area contributed by atoms with Crippen LogP contribution in [0.2, 0.25) is 0 Å². The van der Waals surface area contributed by atoms with E-state index in [1.54, 1.807) is 6.07 Å². The Morgan fingerprint density at radius 2 is 1.26 bits per heavy atom. The molecule has 4 nitrogen and oxygen atoms in total. The number of phenolic OH excluding ortho intramolecular Hbond substituents is 2. The Bertz CT molecular complexity index is 693. The van der Waals surface area contributed by atoms with Gasteiger partial charge in [-0.05, 0) is 23.3 Å². The number of hydrogen-bond acceptors (Lipinski definition) is 4. The van der Waals surface area contributed by atoms with Gasteiger partial charge in [0.2, 0.25) is 0 Å². The number of rotatable bonds is 12. The van der Waals surface area contributed by atoms with Crippen LogP contribution in [0.5, 0.6) is 11.5 Å². The van der Waals surface area contributed by atoms with Crippen molar-refractivity contribution in [2.24, 2.45) is 0 Å². The summed E-state index contributed by atoms with van der Waals surface area (Å²) in [6.07, 6.45) is 12.2. The predicted molar refractivity (Wildman–Crippen MR) is 129 cm³/mol. The number of carbonyl (C=O) groups excluding carboxylic acids is 1. The van der Waals surface area contributed by atoms with Crippen molar-refractivity contribution in [1.82, 2.24) is 0 Å². The summed E-state index contributed by atoms with van der Waals surface area (Å²) in [5, 5.41) is 21.6. The Hall–Kier alpha value is -1.71. The fourth-order valence-corrected chi connectivity index (χ4v) is 3.93. The molecule has 0 aliphatic carbocycles. The van der Waals surface area contributed by atoms with Gasteiger partial charge in [-0.1, -0.05) is 106 Å². The van der Waals surface area contributed by atoms with E-state index >= 15 is 0 Å². The molecule has 178 valence electrons. The fourth-order valence-electron chi connectivity index (χ4n) is 3.93. The first-order chi connectivity index (χ1) is 14.4. The normalized spacial score (nSPS) is 12.2. The van der Waals surface area contributed by atoms with Crippen LogP contribution in [0.1, 0.15) is 134 Å². The molecule has 0 amide bonds. The summed E-state index contributed by atoms with van der Waals surface area (Å²) in [5.74, 6) is -0.640. The average molecular weight is 435 g/mol. The van der Waals surface area contributed by atoms with Crippen molar-refractivity contribution < 1.29 is 19.7 Å². The summed E-state index contributed by atoms with van der Waals surface area (Å²) in [4.78, 5) is 12.7. The summed E-state index contributed by atoms with van der Waals surface area (Å²) in [6.45, 7) is 14.3. The summed E-state index contributed by atoms with van der Waals surface area (Å²) in [7, 11) is 0. The quantitative estimate of drug-likeness (QED) is 0.260. The van der Waals surface area contributed by atoms with Crippen molar-refractivity contribution in [1.29, 1.82) is 0 Å². The van der Waals surface area contributed by atoms with Crippen molar-refractivity contribution >= 4 is 5.97 Å². The minimum atomic E-state index is -0.524. The second kappa shape index (κ2) is 12.4. The van der Waals surface area contributed by atoms with Crippen LogP contribution in [0.4, 0.5) is 0 Å². The number of esters is 1. The van der Waals surface area contributed by atoms with E-state index in [1.165, 1.54) is 44.9 Å². The van der Waals surface area contributed by atoms with E-state index in [2.05, 4.69) is 6.92 Å². The lowest BCUT2D eigenvalue weighted by atomic mass is 9.77. The molecule has 0 aromatic heterocycles. The molecule has 4 heteroatoms. The predicted octanol–water partition coefficient (Wildman–Crippen LogP) is 7.77. The summed E-state index contributed by atoms with van der Waals surface area (Å²) in [5.41, 5.74) is 0.288. The molecule has 0 fully saturated rings. The molecule has 0 radical (unpaired) electrons. The Kier molecular flexibility index (Phi) is 10.9. The van der Waals surface area contributed by atoms with Crippen molar-refractivity contribution in [2.45, 2.75) is 124 Å². The van der Waals surface area contributed by atoms with Gasteiger partial charge >= 0.3 is 5.97 Å². The molecule has 0 bridgehead atoms. The maximum Gasteiger partial charge on any atom is 0.341 e. The molecule has 2 N–H and O–H groups in total. The van der Waals surface area contributed by atoms with Crippen LogP contribution >= 0.6 is 0 Å². The molecule has 0 heterocycles. The lowest BCUT2D eigenvalue weighted by Gasteiger charge is -2.29. The fraction of sp³-hybridized carbons (Fsp3) is 0.741. The summed E-state index contributed by atoms with van der Waals surface area (Å²) < 4.78 is 5.48. The minimum Gasteiger partial charge on any atom is -0.507 e. The number of carbonyl (C=O) groups is 1. The monoisotopic (exact) mass is 434 g/mol. The highest BCUT2D eigenvalue weighted by Crippen LogP contribution is 2.45. The van der Waals surface area contributed by atoms with Gasteiger partial charge in [0.1, 0.15) is 17.1 Å². The zero-order valence-corrected chi connectivity index (χ0v) is 21.1. The Morgan fingerprint density at radius 3 is 1.71 bits per heavy atom. The number of benzene rings is 1. The van der Waals surface area contributed by atoms with E-state index in [0.717, 1.165) is 19.3 Å². The highest BCUT2D eigenvalue weighted by Gasteiger charge is 2.32. The van der Waals surface area contributed by atoms with E-state index in [-0.39, 0.29) is 22.5 Å². The number of phenols is 2. The first kappa shape index (κ1) is 27.3. The van der Waals surface area contributed by atoms with E-state index in [9.17, 15) is 15.0 Å². The summed E-state index contributed by atoms with van der Waals surface area (Å²) >= 11 is 0. The second-order valence-corrected chi connectivity index (χ2v) is 10.9. The van der Waals surface area contributed by atoms with Gasteiger partial charge in [0.25, 0.3) is 0 Å². The molecule has 0 saturated heterocycles. The van der Waals surface area contributed by atoms with Crippen LogP contribution in [0.25, 0.3) is 0 Å². The van der Waals surface area contributed by atoms with Gasteiger partial charge in [0, 0.05) is 11.1 Å². The third-order valence-corrected chi connectivity index (χ3v) is 5.78. The van der Waals surface area contributed by atoms with Crippen molar-refractivity contribution in [2.75, 3.05) is 6.61 Å². The van der Waals surface area contributed by atoms with E-state index < -0.39 is 11.4 Å². The lowest BCUT2D eigenvalue weighted by Crippen LogP contribution is -2.20. The maximum absolute atomic E-state index is 12.7. The molecular formula is C27H46O4. The number of aromatic hydroxyl groups is 2. The van der Waals surface area contributed by atoms with E-state index in [0.29, 0.717) is 17.7 Å². The molecule has 1 aromatic carbocycles. The van der Waals surface area contributed by atoms with Crippen LogP contribution in [0.15, 0.2) is 6.07 Å². The van der Waals surface area contributed by atoms with Gasteiger partial charge in [-0.25, -0.2) is 4.79 Å². The molecule has 0 saturated carbocycles. The third-order valence-electron chi connectivity index (χ3n) is 5.78. The molecule has 0 spiro atoms. The first-order valence-corrected chi connectivity index (χ1v) is 12.2. The average Bonchev–Trinajstić information content (AvgIpc) is 2.64. The molecule has 0 unspecified atom stereocenters. The van der Waals surface area contributed by atoms with Crippen LogP contribution in [-0.2, 0) is 15.6 Å². The van der Waals surface area contributed by atoms with E-state index in [4.69, 9.17) is 4.74 Å². The largest absolute Gasteiger partial charge is 0.507 e. The molecule has 31 heavy (non-hydrogen) atoms. The molecule has 1 aromatic rings. The smallest absolute Gasteiger partial charge is 0.341 e. The van der Waals surface area contributed by atoms with Crippen molar-refractivity contribution in [3.63, 3.8) is 0 Å². The zero-order valence-electron chi connectivity index (χ0n) is 21.1. The lowest BCUT2D eigenvalue weighted by molar-refractivity contribution is 0.0494. The van der Waals surface area contributed by atoms with E-state index in [1.807, 2.05) is 41.5 Å². The van der Waals surface area contributed by atoms with Gasteiger partial charge < -0.3 is 14.9 Å². The van der Waals surface area contributed by atoms with Gasteiger partial charge in [0.15, 0.2) is 0 Å². The van der Waals surface area contributed by atoms with Gasteiger partial charge in [-0.2, -0.15) is 0 Å². The van der Waals surface area contributed by atoms with Crippen molar-refractivity contribution in [3.05, 3.63) is 22.8 Å². The van der Waals surface area contributed by atoms with Crippen molar-refractivity contribution in [3.8, 4) is 11.5 Å². The number of ether oxygens (including phenoxy) is 1. The zero-order chi connectivity index (χ0) is 23.7. The number of unbranched alkanes of at least 4 members (excludes halogenated alkanes) is 9. The highest BCUT2D eigenvalue weighted by atomic mass is 16.5. The van der Waals surface area contributed by atoms with Gasteiger partial charge in [-0.15, -0.1) is 0 Å². The molecular weight excluding hydrogens is 388 g/mol. The van der Waals surface area contributed by atoms with Crippen LogP contribution in [0, 0.1) is 0 Å². The topological polar surface area (TPSA) is 66.8 Å². The Labute approximate surface area is 190 Å². The number of hydrogen-bond donors (Lipinski definition) is 2. The highest BCUT2D eigenvalue weighted by molar-refractivity contribution is 5.94. The van der Waals surface area contributed by atoms with Gasteiger partial charge in [-0.3, -0.25) is 0 Å². The van der Waals surface area contributed by atoms with Crippen LogP contribution in [-0.4, -0.2) is 22.8 Å². The molecule has 0 aliphatic rings. The summed E-state index contributed by atoms with van der Waals surface area (Å²) in [6, 6.07) is 1.58. The first-order valence-electron chi connectivity index (χ1n) is 12.2. The third kappa shape index (κ3) is 8.74. The second-order valence-electron chi connectivity index (χ2n) is 10.9. The Morgan fingerprint density at radius 1 is 0.774 bits per heavy atom. The van der Waals surface area contributed by atoms with Gasteiger partial charge in [0.05, 0.1) is 6.61 Å². The maximum atomic E-state index is 12.7. The van der Waals surface area contributed by atoms with Crippen LogP contribution in [0.3, 0.4) is 0 Å². The minimum absolute atomic E-state index is 0.0590.